The number of hydrogen-bond donors (Lipinski definition) is 2. The second kappa shape index (κ2) is 7.04. The summed E-state index contributed by atoms with van der Waals surface area (Å²) < 4.78 is 0. The number of nitrogens with one attached hydrogen (secondary N) is 2. The van der Waals surface area contributed by atoms with Crippen molar-refractivity contribution in [2.75, 3.05) is 45.8 Å². The third-order valence-corrected chi connectivity index (χ3v) is 4.68. The first kappa shape index (κ1) is 15.3. The highest BCUT2D eigenvalue weighted by molar-refractivity contribution is 6.20. The number of halogens is 1. The van der Waals surface area contributed by atoms with Gasteiger partial charge in [-0.1, -0.05) is 17.2 Å². The van der Waals surface area contributed by atoms with Crippen molar-refractivity contribution in [3.05, 3.63) is 11.1 Å². The van der Waals surface area contributed by atoms with Gasteiger partial charge in [0, 0.05) is 51.9 Å². The summed E-state index contributed by atoms with van der Waals surface area (Å²) in [6.07, 6.45) is 0. The van der Waals surface area contributed by atoms with Crippen molar-refractivity contribution in [3.63, 3.8) is 0 Å². The second-order valence-corrected chi connectivity index (χ2v) is 6.16. The number of rotatable bonds is 4. The summed E-state index contributed by atoms with van der Waals surface area (Å²) in [4.78, 5) is 4.90. The minimum Gasteiger partial charge on any atom is -0.314 e. The highest BCUT2D eigenvalue weighted by Crippen LogP contribution is 2.19. The zero-order chi connectivity index (χ0) is 13.8. The van der Waals surface area contributed by atoms with Gasteiger partial charge in [0.05, 0.1) is 0 Å². The topological polar surface area (TPSA) is 30.5 Å². The van der Waals surface area contributed by atoms with Crippen molar-refractivity contribution in [1.29, 1.82) is 0 Å². The molecule has 0 aromatic carbocycles. The molecule has 0 aromatic heterocycles. The van der Waals surface area contributed by atoms with E-state index in [1.807, 2.05) is 0 Å². The monoisotopic (exact) mass is 286 g/mol. The fourth-order valence-corrected chi connectivity index (χ4v) is 3.22. The van der Waals surface area contributed by atoms with Gasteiger partial charge in [-0.05, 0) is 26.3 Å². The van der Waals surface area contributed by atoms with Gasteiger partial charge >= 0.3 is 0 Å². The summed E-state index contributed by atoms with van der Waals surface area (Å²) >= 11 is 6.29. The lowest BCUT2D eigenvalue weighted by molar-refractivity contribution is 0.194. The van der Waals surface area contributed by atoms with E-state index in [-0.39, 0.29) is 5.62 Å². The van der Waals surface area contributed by atoms with E-state index in [0.29, 0.717) is 6.04 Å². The Labute approximate surface area is 122 Å². The maximum absolute atomic E-state index is 6.29. The van der Waals surface area contributed by atoms with Gasteiger partial charge in [0.15, 0.2) is 0 Å². The Kier molecular flexibility index (Phi) is 5.66. The van der Waals surface area contributed by atoms with Gasteiger partial charge in [-0.2, -0.15) is 0 Å². The minimum atomic E-state index is -0.00966. The highest BCUT2D eigenvalue weighted by Gasteiger charge is 2.26. The Balaban J connectivity index is 2.01. The summed E-state index contributed by atoms with van der Waals surface area (Å²) in [6, 6.07) is 0.511. The Morgan fingerprint density at radius 1 is 1.21 bits per heavy atom. The maximum atomic E-state index is 6.29. The number of hydrogen-bond acceptors (Lipinski definition) is 4. The summed E-state index contributed by atoms with van der Waals surface area (Å²) in [7, 11) is 0. The molecule has 0 aliphatic carbocycles. The Morgan fingerprint density at radius 2 is 1.89 bits per heavy atom. The molecule has 2 fully saturated rings. The lowest BCUT2D eigenvalue weighted by atomic mass is 10.0. The molecular formula is C14H27ClN4. The van der Waals surface area contributed by atoms with Crippen molar-refractivity contribution >= 4 is 11.6 Å². The van der Waals surface area contributed by atoms with Crippen molar-refractivity contribution < 1.29 is 0 Å². The Hall–Kier alpha value is -0.130. The molecule has 2 unspecified atom stereocenters. The molecule has 2 atom stereocenters. The molecule has 0 bridgehead atoms. The van der Waals surface area contributed by atoms with Gasteiger partial charge in [-0.15, -0.1) is 0 Å². The smallest absolute Gasteiger partial charge is 0.138 e. The number of piperazine rings is 1. The molecule has 0 saturated carbocycles. The Bertz CT molecular complexity index is 321. The van der Waals surface area contributed by atoms with Crippen LogP contribution in [0, 0.1) is 0 Å². The second-order valence-electron chi connectivity index (χ2n) is 5.75. The van der Waals surface area contributed by atoms with Gasteiger partial charge in [0.2, 0.25) is 0 Å². The molecule has 0 spiro atoms. The maximum Gasteiger partial charge on any atom is 0.138 e. The molecule has 2 N–H and O–H groups in total. The van der Waals surface area contributed by atoms with Crippen LogP contribution in [0.3, 0.4) is 0 Å². The quantitative estimate of drug-likeness (QED) is 0.459. The van der Waals surface area contributed by atoms with E-state index in [1.165, 1.54) is 11.1 Å². The molecule has 2 rings (SSSR count). The number of nitrogens with zero attached hydrogens (tertiary/aromatic N) is 2. The van der Waals surface area contributed by atoms with Crippen LogP contribution in [0.1, 0.15) is 20.8 Å². The van der Waals surface area contributed by atoms with E-state index in [1.54, 1.807) is 0 Å². The van der Waals surface area contributed by atoms with Crippen molar-refractivity contribution in [3.8, 4) is 0 Å². The average molecular weight is 287 g/mol. The summed E-state index contributed by atoms with van der Waals surface area (Å²) in [5.74, 6) is 0. The van der Waals surface area contributed by atoms with E-state index in [9.17, 15) is 0 Å². The highest BCUT2D eigenvalue weighted by atomic mass is 35.5. The van der Waals surface area contributed by atoms with Crippen LogP contribution in [0.25, 0.3) is 0 Å². The third-order valence-electron chi connectivity index (χ3n) is 4.25. The molecule has 2 heterocycles. The van der Waals surface area contributed by atoms with Crippen LogP contribution in [0.2, 0.25) is 0 Å². The van der Waals surface area contributed by atoms with Crippen LogP contribution in [0.4, 0.5) is 0 Å². The average Bonchev–Trinajstić information content (AvgIpc) is 2.81. The zero-order valence-corrected chi connectivity index (χ0v) is 13.1. The molecule has 0 radical (unpaired) electrons. The van der Waals surface area contributed by atoms with Crippen LogP contribution >= 0.6 is 11.6 Å². The molecule has 0 amide bonds. The van der Waals surface area contributed by atoms with E-state index in [2.05, 4.69) is 41.2 Å². The molecule has 110 valence electrons. The molecule has 2 aliphatic heterocycles. The first-order valence-electron chi connectivity index (χ1n) is 7.32. The van der Waals surface area contributed by atoms with E-state index < -0.39 is 0 Å². The number of alkyl halides is 1. The van der Waals surface area contributed by atoms with Gasteiger partial charge in [-0.3, -0.25) is 15.1 Å². The van der Waals surface area contributed by atoms with E-state index >= 15 is 0 Å². The SMILES string of the molecule is CC(C)=C(CN1CCNC1Cl)C(C)N1CCNCC1. The lowest BCUT2D eigenvalue weighted by Gasteiger charge is -2.36. The van der Waals surface area contributed by atoms with E-state index in [0.717, 1.165) is 45.8 Å². The van der Waals surface area contributed by atoms with Crippen molar-refractivity contribution in [1.82, 2.24) is 20.4 Å². The van der Waals surface area contributed by atoms with Crippen LogP contribution < -0.4 is 10.6 Å². The molecule has 4 nitrogen and oxygen atoms in total. The molecule has 2 saturated heterocycles. The van der Waals surface area contributed by atoms with Crippen LogP contribution in [-0.2, 0) is 0 Å². The Morgan fingerprint density at radius 3 is 2.42 bits per heavy atom. The third kappa shape index (κ3) is 3.92. The van der Waals surface area contributed by atoms with Gasteiger partial charge in [0.1, 0.15) is 5.62 Å². The molecule has 19 heavy (non-hydrogen) atoms. The predicted molar refractivity (Wildman–Crippen MR) is 81.5 cm³/mol. The largest absolute Gasteiger partial charge is 0.314 e. The number of allylic oxidation sites excluding steroid dienone is 1. The molecule has 2 aliphatic rings. The van der Waals surface area contributed by atoms with Crippen LogP contribution in [0.5, 0.6) is 0 Å². The summed E-state index contributed by atoms with van der Waals surface area (Å²) in [5, 5.41) is 6.70. The van der Waals surface area contributed by atoms with Gasteiger partial charge in [-0.25, -0.2) is 0 Å². The fourth-order valence-electron chi connectivity index (χ4n) is 2.95. The fraction of sp³-hybridized carbons (Fsp3) is 0.857. The predicted octanol–water partition coefficient (Wildman–Crippen LogP) is 1.04. The normalized spacial score (nSPS) is 27.5. The van der Waals surface area contributed by atoms with Crippen LogP contribution in [0.15, 0.2) is 11.1 Å². The van der Waals surface area contributed by atoms with Gasteiger partial charge < -0.3 is 5.32 Å². The van der Waals surface area contributed by atoms with Gasteiger partial charge in [0.25, 0.3) is 0 Å². The lowest BCUT2D eigenvalue weighted by Crippen LogP contribution is -2.49. The molecule has 0 aromatic rings. The summed E-state index contributed by atoms with van der Waals surface area (Å²) in [5.41, 5.74) is 2.95. The first-order chi connectivity index (χ1) is 9.09. The zero-order valence-electron chi connectivity index (χ0n) is 12.4. The summed E-state index contributed by atoms with van der Waals surface area (Å²) in [6.45, 7) is 14.3. The standard InChI is InChI=1S/C14H27ClN4/c1-11(2)13(10-19-9-6-17-14(19)15)12(3)18-7-4-16-5-8-18/h12,14,16-17H,4-10H2,1-3H3. The molecule has 5 heteroatoms. The molecular weight excluding hydrogens is 260 g/mol. The van der Waals surface area contributed by atoms with Crippen LogP contribution in [-0.4, -0.2) is 67.3 Å². The van der Waals surface area contributed by atoms with Crippen molar-refractivity contribution in [2.24, 2.45) is 0 Å². The minimum absolute atomic E-state index is 0.00966. The van der Waals surface area contributed by atoms with E-state index in [4.69, 9.17) is 11.6 Å². The van der Waals surface area contributed by atoms with Crippen molar-refractivity contribution in [2.45, 2.75) is 32.4 Å². The first-order valence-corrected chi connectivity index (χ1v) is 7.75.